The molecule has 0 amide bonds. The molecular formula is C19H23NO5. The largest absolute Gasteiger partial charge is 0.468 e. The van der Waals surface area contributed by atoms with Gasteiger partial charge in [0.05, 0.1) is 19.9 Å². The number of hydrogen-bond acceptors (Lipinski definition) is 6. The Morgan fingerprint density at radius 1 is 1.16 bits per heavy atom. The molecule has 1 fully saturated rings. The fourth-order valence-corrected chi connectivity index (χ4v) is 3.93. The normalized spacial score (nSPS) is 24.9. The van der Waals surface area contributed by atoms with Gasteiger partial charge in [-0.1, -0.05) is 35.5 Å². The van der Waals surface area contributed by atoms with Crippen LogP contribution in [0.15, 0.2) is 35.5 Å². The third-order valence-electron chi connectivity index (χ3n) is 5.14. The number of hydrogen-bond donors (Lipinski definition) is 0. The summed E-state index contributed by atoms with van der Waals surface area (Å²) in [5, 5.41) is 4.30. The first-order chi connectivity index (χ1) is 12.2. The predicted octanol–water partition coefficient (Wildman–Crippen LogP) is 2.68. The number of rotatable bonds is 5. The lowest BCUT2D eigenvalue weighted by Gasteiger charge is -2.33. The molecule has 0 spiro atoms. The van der Waals surface area contributed by atoms with Crippen LogP contribution in [0, 0.1) is 11.8 Å². The number of ether oxygens (including phenoxy) is 2. The van der Waals surface area contributed by atoms with Crippen molar-refractivity contribution in [3.63, 3.8) is 0 Å². The van der Waals surface area contributed by atoms with E-state index >= 15 is 0 Å². The molecule has 2 aliphatic rings. The van der Waals surface area contributed by atoms with E-state index in [9.17, 15) is 9.59 Å². The molecule has 0 N–H and O–H groups in total. The molecule has 1 aromatic rings. The first-order valence-corrected chi connectivity index (χ1v) is 8.59. The van der Waals surface area contributed by atoms with Gasteiger partial charge >= 0.3 is 11.9 Å². The van der Waals surface area contributed by atoms with Gasteiger partial charge in [0.1, 0.15) is 6.10 Å². The van der Waals surface area contributed by atoms with Crippen molar-refractivity contribution >= 4 is 17.7 Å². The van der Waals surface area contributed by atoms with Crippen molar-refractivity contribution in [1.82, 2.24) is 0 Å². The van der Waals surface area contributed by atoms with E-state index in [4.69, 9.17) is 14.3 Å². The Morgan fingerprint density at radius 2 is 1.84 bits per heavy atom. The maximum atomic E-state index is 12.0. The molecular weight excluding hydrogens is 322 g/mol. The number of esters is 2. The number of oxime groups is 1. The summed E-state index contributed by atoms with van der Waals surface area (Å²) in [5.74, 6) is -1.91. The molecule has 3 rings (SSSR count). The number of carbonyl (C=O) groups excluding carboxylic acids is 2. The minimum Gasteiger partial charge on any atom is -0.468 e. The van der Waals surface area contributed by atoms with E-state index in [0.717, 1.165) is 24.8 Å². The van der Waals surface area contributed by atoms with Crippen molar-refractivity contribution in [1.29, 1.82) is 0 Å². The van der Waals surface area contributed by atoms with E-state index in [2.05, 4.69) is 17.3 Å². The summed E-state index contributed by atoms with van der Waals surface area (Å²) in [5.41, 5.74) is 1.84. The molecule has 0 aromatic heterocycles. The average molecular weight is 345 g/mol. The third-order valence-corrected chi connectivity index (χ3v) is 5.14. The maximum Gasteiger partial charge on any atom is 0.320 e. The molecule has 6 heteroatoms. The molecule has 6 nitrogen and oxygen atoms in total. The van der Waals surface area contributed by atoms with Crippen molar-refractivity contribution in [2.75, 3.05) is 14.2 Å². The van der Waals surface area contributed by atoms with E-state index in [1.807, 2.05) is 18.2 Å². The molecule has 134 valence electrons. The van der Waals surface area contributed by atoms with Crippen molar-refractivity contribution < 1.29 is 23.9 Å². The number of carbonyl (C=O) groups is 2. The first kappa shape index (κ1) is 17.5. The highest BCUT2D eigenvalue weighted by atomic mass is 16.6. The van der Waals surface area contributed by atoms with Gasteiger partial charge < -0.3 is 14.3 Å². The Balaban J connectivity index is 1.91. The SMILES string of the molecule is COC(=O)C(CC1=NO[C@@H]2CCC[C@@H]2[C@H]1c1ccccc1)C(=O)OC. The van der Waals surface area contributed by atoms with Crippen LogP contribution in [0.4, 0.5) is 0 Å². The second-order valence-corrected chi connectivity index (χ2v) is 6.51. The van der Waals surface area contributed by atoms with Crippen molar-refractivity contribution in [3.05, 3.63) is 35.9 Å². The molecule has 0 radical (unpaired) electrons. The van der Waals surface area contributed by atoms with Crippen LogP contribution in [-0.2, 0) is 23.9 Å². The predicted molar refractivity (Wildman–Crippen MR) is 91.0 cm³/mol. The van der Waals surface area contributed by atoms with E-state index in [0.29, 0.717) is 11.6 Å². The van der Waals surface area contributed by atoms with Crippen LogP contribution in [0.25, 0.3) is 0 Å². The van der Waals surface area contributed by atoms with Crippen molar-refractivity contribution in [2.24, 2.45) is 17.0 Å². The highest BCUT2D eigenvalue weighted by Crippen LogP contribution is 2.44. The summed E-state index contributed by atoms with van der Waals surface area (Å²) >= 11 is 0. The number of fused-ring (bicyclic) bond motifs is 1. The van der Waals surface area contributed by atoms with Crippen LogP contribution >= 0.6 is 0 Å². The van der Waals surface area contributed by atoms with Crippen molar-refractivity contribution in [3.8, 4) is 0 Å². The van der Waals surface area contributed by atoms with Crippen LogP contribution in [-0.4, -0.2) is 38.0 Å². The van der Waals surface area contributed by atoms with Crippen LogP contribution < -0.4 is 0 Å². The zero-order chi connectivity index (χ0) is 17.8. The topological polar surface area (TPSA) is 74.2 Å². The molecule has 1 heterocycles. The van der Waals surface area contributed by atoms with Gasteiger partial charge in [-0.25, -0.2) is 0 Å². The second-order valence-electron chi connectivity index (χ2n) is 6.51. The fraction of sp³-hybridized carbons (Fsp3) is 0.526. The van der Waals surface area contributed by atoms with Crippen molar-refractivity contribution in [2.45, 2.75) is 37.7 Å². The summed E-state index contributed by atoms with van der Waals surface area (Å²) in [6, 6.07) is 10.1. The van der Waals surface area contributed by atoms with Gasteiger partial charge in [0.15, 0.2) is 5.92 Å². The lowest BCUT2D eigenvalue weighted by Crippen LogP contribution is -2.37. The molecule has 0 unspecified atom stereocenters. The average Bonchev–Trinajstić information content (AvgIpc) is 3.13. The highest BCUT2D eigenvalue weighted by Gasteiger charge is 2.44. The lowest BCUT2D eigenvalue weighted by molar-refractivity contribution is -0.158. The zero-order valence-electron chi connectivity index (χ0n) is 14.5. The van der Waals surface area contributed by atoms with E-state index in [1.54, 1.807) is 0 Å². The lowest BCUT2D eigenvalue weighted by atomic mass is 9.77. The summed E-state index contributed by atoms with van der Waals surface area (Å²) in [6.07, 6.45) is 3.37. The fourth-order valence-electron chi connectivity index (χ4n) is 3.93. The quantitative estimate of drug-likeness (QED) is 0.606. The third kappa shape index (κ3) is 3.52. The number of nitrogens with zero attached hydrogens (tertiary/aromatic N) is 1. The van der Waals surface area contributed by atoms with Gasteiger partial charge in [-0.3, -0.25) is 9.59 Å². The summed E-state index contributed by atoms with van der Waals surface area (Å²) in [6.45, 7) is 0. The van der Waals surface area contributed by atoms with Crippen LogP contribution in [0.1, 0.15) is 37.2 Å². The van der Waals surface area contributed by atoms with Gasteiger partial charge in [-0.05, 0) is 24.8 Å². The molecule has 1 aliphatic heterocycles. The van der Waals surface area contributed by atoms with Gasteiger partial charge in [0.2, 0.25) is 0 Å². The minimum absolute atomic E-state index is 0.0410. The molecule has 0 saturated heterocycles. The summed E-state index contributed by atoms with van der Waals surface area (Å²) in [4.78, 5) is 29.8. The molecule has 25 heavy (non-hydrogen) atoms. The van der Waals surface area contributed by atoms with Crippen LogP contribution in [0.3, 0.4) is 0 Å². The molecule has 1 saturated carbocycles. The van der Waals surface area contributed by atoms with Gasteiger partial charge in [0, 0.05) is 18.3 Å². The van der Waals surface area contributed by atoms with E-state index < -0.39 is 17.9 Å². The summed E-state index contributed by atoms with van der Waals surface area (Å²) < 4.78 is 9.54. The van der Waals surface area contributed by atoms with Crippen LogP contribution in [0.5, 0.6) is 0 Å². The standard InChI is InChI=1S/C19H23NO5/c1-23-18(21)14(19(22)24-2)11-15-17(12-7-4-3-5-8-12)13-9-6-10-16(13)25-20-15/h3-5,7-8,13-14,16-17H,6,9-11H2,1-2H3/t13-,16+,17+/m0/s1. The van der Waals surface area contributed by atoms with Gasteiger partial charge in [0.25, 0.3) is 0 Å². The van der Waals surface area contributed by atoms with Gasteiger partial charge in [-0.15, -0.1) is 0 Å². The zero-order valence-corrected chi connectivity index (χ0v) is 14.5. The smallest absolute Gasteiger partial charge is 0.320 e. The molecule has 1 aliphatic carbocycles. The highest BCUT2D eigenvalue weighted by molar-refractivity contribution is 6.02. The van der Waals surface area contributed by atoms with Crippen LogP contribution in [0.2, 0.25) is 0 Å². The van der Waals surface area contributed by atoms with Gasteiger partial charge in [-0.2, -0.15) is 0 Å². The summed E-state index contributed by atoms with van der Waals surface area (Å²) in [7, 11) is 2.53. The Labute approximate surface area is 147 Å². The maximum absolute atomic E-state index is 12.0. The molecule has 0 bridgehead atoms. The first-order valence-electron chi connectivity index (χ1n) is 8.59. The Morgan fingerprint density at radius 3 is 2.48 bits per heavy atom. The molecule has 3 atom stereocenters. The number of benzene rings is 1. The van der Waals surface area contributed by atoms with E-state index in [1.165, 1.54) is 14.2 Å². The Hall–Kier alpha value is -2.37. The Bertz CT molecular complexity index is 641. The minimum atomic E-state index is -1.03. The Kier molecular flexibility index (Phi) is 5.36. The second kappa shape index (κ2) is 7.68. The monoisotopic (exact) mass is 345 g/mol. The van der Waals surface area contributed by atoms with E-state index in [-0.39, 0.29) is 18.4 Å². The number of methoxy groups -OCH3 is 2. The molecule has 1 aromatic carbocycles.